The Morgan fingerprint density at radius 1 is 1.33 bits per heavy atom. The number of rotatable bonds is 4. The summed E-state index contributed by atoms with van der Waals surface area (Å²) in [4.78, 5) is 0. The molecule has 0 aliphatic carbocycles. The lowest BCUT2D eigenvalue weighted by Gasteiger charge is -2.00. The number of aliphatic hydroxyl groups is 1. The van der Waals surface area contributed by atoms with E-state index in [-0.39, 0.29) is 6.61 Å². The van der Waals surface area contributed by atoms with Crippen LogP contribution in [-0.4, -0.2) is 22.6 Å². The van der Waals surface area contributed by atoms with E-state index in [1.54, 1.807) is 23.9 Å². The van der Waals surface area contributed by atoms with Crippen LogP contribution in [0.4, 0.5) is 0 Å². The molecule has 0 amide bonds. The van der Waals surface area contributed by atoms with Gasteiger partial charge in [0, 0.05) is 11.5 Å². The van der Waals surface area contributed by atoms with Crippen LogP contribution < -0.4 is 0 Å². The Balaban J connectivity index is 2.41. The van der Waals surface area contributed by atoms with Crippen LogP contribution in [0.15, 0.2) is 24.3 Å². The van der Waals surface area contributed by atoms with Crippen molar-refractivity contribution in [3.8, 4) is 5.75 Å². The van der Waals surface area contributed by atoms with Crippen molar-refractivity contribution in [2.75, 3.05) is 12.4 Å². The molecule has 0 heterocycles. The van der Waals surface area contributed by atoms with Gasteiger partial charge in [0.2, 0.25) is 0 Å². The normalized spacial score (nSPS) is 10.1. The van der Waals surface area contributed by atoms with Gasteiger partial charge in [0.05, 0.1) is 6.61 Å². The first kappa shape index (κ1) is 9.42. The number of thioether (sulfide) groups is 1. The zero-order valence-electron chi connectivity index (χ0n) is 6.73. The van der Waals surface area contributed by atoms with E-state index in [0.29, 0.717) is 5.75 Å². The Hall–Kier alpha value is -0.670. The first-order chi connectivity index (χ1) is 5.83. The molecule has 0 saturated heterocycles. The van der Waals surface area contributed by atoms with Crippen molar-refractivity contribution in [3.05, 3.63) is 29.8 Å². The third kappa shape index (κ3) is 3.15. The minimum absolute atomic E-state index is 0.212. The van der Waals surface area contributed by atoms with Crippen LogP contribution in [0.3, 0.4) is 0 Å². The molecule has 0 spiro atoms. The number of aromatic hydroxyl groups is 1. The SMILES string of the molecule is OCCSCc1cccc(O)c1. The van der Waals surface area contributed by atoms with E-state index in [2.05, 4.69) is 0 Å². The summed E-state index contributed by atoms with van der Waals surface area (Å²) in [5.41, 5.74) is 1.09. The predicted octanol–water partition coefficient (Wildman–Crippen LogP) is 1.62. The molecule has 0 radical (unpaired) electrons. The van der Waals surface area contributed by atoms with Gasteiger partial charge >= 0.3 is 0 Å². The molecule has 2 N–H and O–H groups in total. The molecule has 2 nitrogen and oxygen atoms in total. The molecule has 1 rings (SSSR count). The standard InChI is InChI=1S/C9H12O2S/c10-4-5-12-7-8-2-1-3-9(11)6-8/h1-3,6,10-11H,4-5,7H2. The van der Waals surface area contributed by atoms with Crippen LogP contribution in [0.5, 0.6) is 5.75 Å². The Labute approximate surface area is 76.2 Å². The minimum Gasteiger partial charge on any atom is -0.508 e. The molecule has 12 heavy (non-hydrogen) atoms. The summed E-state index contributed by atoms with van der Waals surface area (Å²) < 4.78 is 0. The smallest absolute Gasteiger partial charge is 0.115 e. The van der Waals surface area contributed by atoms with E-state index in [1.807, 2.05) is 12.1 Å². The molecule has 0 aliphatic heterocycles. The van der Waals surface area contributed by atoms with Gasteiger partial charge in [-0.1, -0.05) is 12.1 Å². The monoisotopic (exact) mass is 184 g/mol. The van der Waals surface area contributed by atoms with Gasteiger partial charge in [-0.3, -0.25) is 0 Å². The second-order valence-corrected chi connectivity index (χ2v) is 3.55. The van der Waals surface area contributed by atoms with Gasteiger partial charge in [-0.25, -0.2) is 0 Å². The second-order valence-electron chi connectivity index (χ2n) is 2.45. The highest BCUT2D eigenvalue weighted by atomic mass is 32.2. The predicted molar refractivity (Wildman–Crippen MR) is 51.4 cm³/mol. The summed E-state index contributed by atoms with van der Waals surface area (Å²) in [7, 11) is 0. The summed E-state index contributed by atoms with van der Waals surface area (Å²) in [6.07, 6.45) is 0. The van der Waals surface area contributed by atoms with Gasteiger partial charge in [-0.2, -0.15) is 11.8 Å². The molecule has 0 aromatic heterocycles. The molecule has 66 valence electrons. The van der Waals surface area contributed by atoms with Gasteiger partial charge < -0.3 is 10.2 Å². The third-order valence-corrected chi connectivity index (χ3v) is 2.42. The third-order valence-electron chi connectivity index (χ3n) is 1.41. The minimum atomic E-state index is 0.212. The summed E-state index contributed by atoms with van der Waals surface area (Å²) in [6.45, 7) is 0.212. The van der Waals surface area contributed by atoms with Crippen LogP contribution in [-0.2, 0) is 5.75 Å². The number of hydrogen-bond acceptors (Lipinski definition) is 3. The highest BCUT2D eigenvalue weighted by molar-refractivity contribution is 7.98. The summed E-state index contributed by atoms with van der Waals surface area (Å²) in [6, 6.07) is 7.18. The Kier molecular flexibility index (Phi) is 3.97. The zero-order chi connectivity index (χ0) is 8.81. The van der Waals surface area contributed by atoms with Crippen LogP contribution >= 0.6 is 11.8 Å². The molecular formula is C9H12O2S. The molecule has 0 atom stereocenters. The van der Waals surface area contributed by atoms with Crippen molar-refractivity contribution < 1.29 is 10.2 Å². The quantitative estimate of drug-likeness (QED) is 0.698. The zero-order valence-corrected chi connectivity index (χ0v) is 7.55. The van der Waals surface area contributed by atoms with Gasteiger partial charge in [-0.05, 0) is 17.7 Å². The van der Waals surface area contributed by atoms with Gasteiger partial charge in [0.15, 0.2) is 0 Å². The van der Waals surface area contributed by atoms with Crippen molar-refractivity contribution >= 4 is 11.8 Å². The largest absolute Gasteiger partial charge is 0.508 e. The van der Waals surface area contributed by atoms with Crippen molar-refractivity contribution in [2.24, 2.45) is 0 Å². The van der Waals surface area contributed by atoms with Crippen LogP contribution in [0.1, 0.15) is 5.56 Å². The lowest BCUT2D eigenvalue weighted by atomic mass is 10.2. The van der Waals surface area contributed by atoms with Gasteiger partial charge in [0.25, 0.3) is 0 Å². The number of benzene rings is 1. The van der Waals surface area contributed by atoms with E-state index >= 15 is 0 Å². The number of phenolic OH excluding ortho intramolecular Hbond substituents is 1. The van der Waals surface area contributed by atoms with Crippen molar-refractivity contribution in [1.29, 1.82) is 0 Å². The van der Waals surface area contributed by atoms with E-state index in [0.717, 1.165) is 17.1 Å². The molecule has 1 aromatic rings. The first-order valence-corrected chi connectivity index (χ1v) is 4.95. The van der Waals surface area contributed by atoms with Crippen molar-refractivity contribution in [3.63, 3.8) is 0 Å². The second kappa shape index (κ2) is 5.06. The van der Waals surface area contributed by atoms with E-state index < -0.39 is 0 Å². The summed E-state index contributed by atoms with van der Waals surface area (Å²) in [5.74, 6) is 1.89. The lowest BCUT2D eigenvalue weighted by Crippen LogP contribution is -1.87. The Bertz CT molecular complexity index is 238. The van der Waals surface area contributed by atoms with Crippen molar-refractivity contribution in [1.82, 2.24) is 0 Å². The van der Waals surface area contributed by atoms with E-state index in [9.17, 15) is 0 Å². The average Bonchev–Trinajstić information content (AvgIpc) is 2.05. The molecule has 0 bridgehead atoms. The van der Waals surface area contributed by atoms with Gasteiger partial charge in [0.1, 0.15) is 5.75 Å². The Morgan fingerprint density at radius 3 is 2.83 bits per heavy atom. The molecule has 0 fully saturated rings. The number of phenols is 1. The van der Waals surface area contributed by atoms with Crippen molar-refractivity contribution in [2.45, 2.75) is 5.75 Å². The average molecular weight is 184 g/mol. The summed E-state index contributed by atoms with van der Waals surface area (Å²) in [5, 5.41) is 17.6. The number of aliphatic hydroxyl groups excluding tert-OH is 1. The fourth-order valence-corrected chi connectivity index (χ4v) is 1.59. The van der Waals surface area contributed by atoms with Crippen LogP contribution in [0.2, 0.25) is 0 Å². The maximum Gasteiger partial charge on any atom is 0.115 e. The van der Waals surface area contributed by atoms with Crippen LogP contribution in [0.25, 0.3) is 0 Å². The number of hydrogen-bond donors (Lipinski definition) is 2. The molecule has 1 aromatic carbocycles. The Morgan fingerprint density at radius 2 is 2.17 bits per heavy atom. The highest BCUT2D eigenvalue weighted by Crippen LogP contribution is 2.16. The molecule has 0 unspecified atom stereocenters. The summed E-state index contributed by atoms with van der Waals surface area (Å²) >= 11 is 1.65. The van der Waals surface area contributed by atoms with E-state index in [4.69, 9.17) is 10.2 Å². The fourth-order valence-electron chi connectivity index (χ4n) is 0.901. The molecule has 3 heteroatoms. The van der Waals surface area contributed by atoms with Gasteiger partial charge in [-0.15, -0.1) is 0 Å². The lowest BCUT2D eigenvalue weighted by molar-refractivity contribution is 0.322. The van der Waals surface area contributed by atoms with E-state index in [1.165, 1.54) is 0 Å². The maximum atomic E-state index is 9.11. The topological polar surface area (TPSA) is 40.5 Å². The first-order valence-electron chi connectivity index (χ1n) is 3.79. The molecule has 0 aliphatic rings. The van der Waals surface area contributed by atoms with Crippen LogP contribution in [0, 0.1) is 0 Å². The maximum absolute atomic E-state index is 9.11. The molecular weight excluding hydrogens is 172 g/mol. The molecule has 0 saturated carbocycles. The highest BCUT2D eigenvalue weighted by Gasteiger charge is 1.93. The fraction of sp³-hybridized carbons (Fsp3) is 0.333.